The molecule has 0 aliphatic heterocycles. The number of hydrogen-bond acceptors (Lipinski definition) is 4. The van der Waals surface area contributed by atoms with Crippen molar-refractivity contribution in [2.75, 3.05) is 13.7 Å². The number of methoxy groups -OCH3 is 1. The van der Waals surface area contributed by atoms with Gasteiger partial charge in [-0.25, -0.2) is 0 Å². The lowest BCUT2D eigenvalue weighted by atomic mass is 10.1. The number of ether oxygens (including phenoxy) is 1. The zero-order valence-electron chi connectivity index (χ0n) is 12.4. The lowest BCUT2D eigenvalue weighted by molar-refractivity contribution is 0.288. The largest absolute Gasteiger partial charge is 0.504 e. The van der Waals surface area contributed by atoms with E-state index in [4.69, 9.17) is 14.3 Å². The van der Waals surface area contributed by atoms with Gasteiger partial charge in [0.15, 0.2) is 11.5 Å². The van der Waals surface area contributed by atoms with Crippen molar-refractivity contribution >= 4 is 11.0 Å². The topological polar surface area (TPSA) is 62.8 Å². The number of aliphatic hydroxyl groups excluding tert-OH is 1. The Morgan fingerprint density at radius 2 is 1.95 bits per heavy atom. The van der Waals surface area contributed by atoms with Crippen LogP contribution in [-0.4, -0.2) is 23.9 Å². The minimum atomic E-state index is 0.105. The summed E-state index contributed by atoms with van der Waals surface area (Å²) in [5, 5.41) is 19.6. The second-order valence-corrected chi connectivity index (χ2v) is 5.20. The molecule has 1 aromatic heterocycles. The first-order valence-electron chi connectivity index (χ1n) is 7.22. The SMILES string of the molecule is COc1cc(-c2cc3cc(CCCO)ccc3o2)ccc1O. The van der Waals surface area contributed by atoms with Crippen molar-refractivity contribution in [2.24, 2.45) is 0 Å². The Labute approximate surface area is 128 Å². The van der Waals surface area contributed by atoms with E-state index in [-0.39, 0.29) is 12.4 Å². The maximum Gasteiger partial charge on any atom is 0.161 e. The molecule has 0 aliphatic rings. The average molecular weight is 298 g/mol. The van der Waals surface area contributed by atoms with Crippen molar-refractivity contribution in [3.8, 4) is 22.8 Å². The quantitative estimate of drug-likeness (QED) is 0.753. The second kappa shape index (κ2) is 6.12. The number of fused-ring (bicyclic) bond motifs is 1. The fourth-order valence-corrected chi connectivity index (χ4v) is 2.50. The Hall–Kier alpha value is -2.46. The van der Waals surface area contributed by atoms with E-state index in [0.717, 1.165) is 35.1 Å². The molecule has 0 aliphatic carbocycles. The van der Waals surface area contributed by atoms with E-state index >= 15 is 0 Å². The van der Waals surface area contributed by atoms with E-state index < -0.39 is 0 Å². The molecule has 0 amide bonds. The van der Waals surface area contributed by atoms with Crippen LogP contribution < -0.4 is 4.74 Å². The summed E-state index contributed by atoms with van der Waals surface area (Å²) in [7, 11) is 1.52. The van der Waals surface area contributed by atoms with Crippen LogP contribution in [0.2, 0.25) is 0 Å². The average Bonchev–Trinajstić information content (AvgIpc) is 2.96. The summed E-state index contributed by atoms with van der Waals surface area (Å²) in [5.74, 6) is 1.25. The van der Waals surface area contributed by atoms with Gasteiger partial charge in [0.1, 0.15) is 11.3 Å². The van der Waals surface area contributed by atoms with Gasteiger partial charge >= 0.3 is 0 Å². The molecular formula is C18H18O4. The van der Waals surface area contributed by atoms with Crippen LogP contribution in [0.1, 0.15) is 12.0 Å². The van der Waals surface area contributed by atoms with Crippen molar-refractivity contribution in [2.45, 2.75) is 12.8 Å². The van der Waals surface area contributed by atoms with Crippen LogP contribution in [0.5, 0.6) is 11.5 Å². The first kappa shape index (κ1) is 14.5. The molecule has 0 saturated heterocycles. The number of aliphatic hydroxyl groups is 1. The summed E-state index contributed by atoms with van der Waals surface area (Å²) in [5.41, 5.74) is 2.84. The minimum Gasteiger partial charge on any atom is -0.504 e. The highest BCUT2D eigenvalue weighted by Crippen LogP contribution is 2.34. The number of phenols is 1. The number of hydrogen-bond donors (Lipinski definition) is 2. The normalized spacial score (nSPS) is 11.0. The lowest BCUT2D eigenvalue weighted by Crippen LogP contribution is -1.88. The third-order valence-corrected chi connectivity index (χ3v) is 3.67. The summed E-state index contributed by atoms with van der Waals surface area (Å²) in [6.45, 7) is 0.196. The molecule has 0 atom stereocenters. The highest BCUT2D eigenvalue weighted by atomic mass is 16.5. The molecule has 0 bridgehead atoms. The zero-order chi connectivity index (χ0) is 15.5. The molecule has 0 saturated carbocycles. The highest BCUT2D eigenvalue weighted by molar-refractivity contribution is 5.83. The molecule has 0 unspecified atom stereocenters. The van der Waals surface area contributed by atoms with E-state index in [1.165, 1.54) is 12.7 Å². The van der Waals surface area contributed by atoms with E-state index in [9.17, 15) is 5.11 Å². The number of rotatable bonds is 5. The van der Waals surface area contributed by atoms with Crippen LogP contribution in [0, 0.1) is 0 Å². The van der Waals surface area contributed by atoms with Crippen molar-refractivity contribution in [1.29, 1.82) is 0 Å². The smallest absolute Gasteiger partial charge is 0.161 e. The molecule has 2 N–H and O–H groups in total. The van der Waals surface area contributed by atoms with E-state index in [0.29, 0.717) is 5.75 Å². The van der Waals surface area contributed by atoms with Crippen molar-refractivity contribution in [1.82, 2.24) is 0 Å². The van der Waals surface area contributed by atoms with E-state index in [1.54, 1.807) is 18.2 Å². The Kier molecular flexibility index (Phi) is 4.02. The molecule has 1 heterocycles. The Bertz CT molecular complexity index is 789. The fraction of sp³-hybridized carbons (Fsp3) is 0.222. The van der Waals surface area contributed by atoms with Crippen molar-refractivity contribution in [3.63, 3.8) is 0 Å². The molecule has 0 fully saturated rings. The fourth-order valence-electron chi connectivity index (χ4n) is 2.50. The number of aryl methyl sites for hydroxylation is 1. The van der Waals surface area contributed by atoms with Gasteiger partial charge in [0.05, 0.1) is 7.11 Å². The Morgan fingerprint density at radius 1 is 1.09 bits per heavy atom. The molecule has 22 heavy (non-hydrogen) atoms. The lowest BCUT2D eigenvalue weighted by Gasteiger charge is -2.04. The Balaban J connectivity index is 1.97. The minimum absolute atomic E-state index is 0.105. The van der Waals surface area contributed by atoms with Gasteiger partial charge in [-0.3, -0.25) is 0 Å². The summed E-state index contributed by atoms with van der Waals surface area (Å²) >= 11 is 0. The third kappa shape index (κ3) is 2.78. The van der Waals surface area contributed by atoms with Crippen LogP contribution in [0.25, 0.3) is 22.3 Å². The van der Waals surface area contributed by atoms with Crippen LogP contribution in [-0.2, 0) is 6.42 Å². The highest BCUT2D eigenvalue weighted by Gasteiger charge is 2.10. The molecule has 2 aromatic carbocycles. The third-order valence-electron chi connectivity index (χ3n) is 3.67. The van der Waals surface area contributed by atoms with Crippen LogP contribution in [0.15, 0.2) is 46.9 Å². The molecule has 4 nitrogen and oxygen atoms in total. The predicted octanol–water partition coefficient (Wildman–Crippen LogP) is 3.74. The standard InChI is InChI=1S/C18H18O4/c1-21-18-10-13(5-6-15(18)20)17-11-14-9-12(3-2-8-19)4-7-16(14)22-17/h4-7,9-11,19-20H,2-3,8H2,1H3. The zero-order valence-corrected chi connectivity index (χ0v) is 12.4. The maximum absolute atomic E-state index is 9.66. The number of aromatic hydroxyl groups is 1. The van der Waals surface area contributed by atoms with Crippen LogP contribution in [0.4, 0.5) is 0 Å². The van der Waals surface area contributed by atoms with Gasteiger partial charge in [-0.05, 0) is 54.8 Å². The molecule has 3 rings (SSSR count). The summed E-state index contributed by atoms with van der Waals surface area (Å²) in [6, 6.07) is 13.2. The second-order valence-electron chi connectivity index (χ2n) is 5.20. The summed E-state index contributed by atoms with van der Waals surface area (Å²) in [4.78, 5) is 0. The van der Waals surface area contributed by atoms with E-state index in [2.05, 4.69) is 6.07 Å². The van der Waals surface area contributed by atoms with Gasteiger partial charge in [-0.1, -0.05) is 6.07 Å². The van der Waals surface area contributed by atoms with Gasteiger partial charge in [0.25, 0.3) is 0 Å². The summed E-state index contributed by atoms with van der Waals surface area (Å²) in [6.07, 6.45) is 1.60. The van der Waals surface area contributed by atoms with Crippen molar-refractivity contribution in [3.05, 3.63) is 48.0 Å². The number of benzene rings is 2. The maximum atomic E-state index is 9.66. The predicted molar refractivity (Wildman–Crippen MR) is 85.3 cm³/mol. The summed E-state index contributed by atoms with van der Waals surface area (Å²) < 4.78 is 11.0. The monoisotopic (exact) mass is 298 g/mol. The van der Waals surface area contributed by atoms with Crippen LogP contribution in [0.3, 0.4) is 0 Å². The molecule has 0 radical (unpaired) electrons. The molecule has 0 spiro atoms. The van der Waals surface area contributed by atoms with Gasteiger partial charge in [-0.2, -0.15) is 0 Å². The molecule has 4 heteroatoms. The number of furan rings is 1. The molecule has 114 valence electrons. The molecular weight excluding hydrogens is 280 g/mol. The van der Waals surface area contributed by atoms with Gasteiger partial charge in [0.2, 0.25) is 0 Å². The van der Waals surface area contributed by atoms with Crippen molar-refractivity contribution < 1.29 is 19.4 Å². The first-order valence-corrected chi connectivity index (χ1v) is 7.22. The van der Waals surface area contributed by atoms with E-state index in [1.807, 2.05) is 18.2 Å². The van der Waals surface area contributed by atoms with Gasteiger partial charge < -0.3 is 19.4 Å². The first-order chi connectivity index (χ1) is 10.7. The van der Waals surface area contributed by atoms with Crippen LogP contribution >= 0.6 is 0 Å². The Morgan fingerprint density at radius 3 is 2.73 bits per heavy atom. The van der Waals surface area contributed by atoms with Gasteiger partial charge in [-0.15, -0.1) is 0 Å². The number of phenolic OH excluding ortho intramolecular Hbond substituents is 1. The molecule has 3 aromatic rings. The van der Waals surface area contributed by atoms with Gasteiger partial charge in [0, 0.05) is 17.6 Å².